The van der Waals surface area contributed by atoms with E-state index < -0.39 is 68.1 Å². The first-order valence-corrected chi connectivity index (χ1v) is 20.0. The van der Waals surface area contributed by atoms with E-state index in [2.05, 4.69) is 24.0 Å². The molecular formula is C36H39Cl2F5N4O10S. The first-order valence-electron chi connectivity index (χ1n) is 17.8. The minimum atomic E-state index is -5.52. The monoisotopic (exact) mass is 884 g/mol. The van der Waals surface area contributed by atoms with Gasteiger partial charge in [0.1, 0.15) is 21.8 Å². The molecule has 2 aliphatic rings. The maximum absolute atomic E-state index is 13.9. The van der Waals surface area contributed by atoms with Crippen molar-refractivity contribution in [3.05, 3.63) is 74.5 Å². The van der Waals surface area contributed by atoms with Gasteiger partial charge in [0.15, 0.2) is 16.5 Å². The molecule has 1 aromatic heterocycles. The summed E-state index contributed by atoms with van der Waals surface area (Å²) in [5, 5.41) is 11.2. The van der Waals surface area contributed by atoms with Crippen LogP contribution in [0.15, 0.2) is 47.5 Å². The lowest BCUT2D eigenvalue weighted by molar-refractivity contribution is -0.611. The minimum absolute atomic E-state index is 0.0314. The Balaban J connectivity index is 1.46. The molecule has 2 aromatic carbocycles. The number of pyridine rings is 1. The minimum Gasteiger partial charge on any atom is -0.616 e. The van der Waals surface area contributed by atoms with E-state index in [9.17, 15) is 45.2 Å². The second-order valence-corrected chi connectivity index (χ2v) is 16.0. The number of rotatable bonds is 18. The van der Waals surface area contributed by atoms with Crippen molar-refractivity contribution in [2.24, 2.45) is 5.92 Å². The van der Waals surface area contributed by atoms with E-state index in [0.717, 1.165) is 51.2 Å². The number of alkyl halides is 5. The zero-order valence-corrected chi connectivity index (χ0v) is 33.4. The zero-order chi connectivity index (χ0) is 42.4. The second kappa shape index (κ2) is 19.2. The van der Waals surface area contributed by atoms with Gasteiger partial charge in [-0.2, -0.15) is 22.0 Å². The van der Waals surface area contributed by atoms with E-state index in [-0.39, 0.29) is 57.7 Å². The molecule has 0 spiro atoms. The van der Waals surface area contributed by atoms with Gasteiger partial charge in [-0.25, -0.2) is 22.7 Å². The average Bonchev–Trinajstić information content (AvgIpc) is 4.00. The summed E-state index contributed by atoms with van der Waals surface area (Å²) in [6.45, 7) is 1.10. The lowest BCUT2D eigenvalue weighted by Crippen LogP contribution is -2.45. The maximum atomic E-state index is 13.9. The number of carbonyl (C=O) groups is 2. The molecule has 2 heterocycles. The van der Waals surface area contributed by atoms with Crippen LogP contribution in [0, 0.1) is 11.1 Å². The number of esters is 2. The number of halogens is 7. The highest BCUT2D eigenvalue weighted by atomic mass is 35.5. The third-order valence-electron chi connectivity index (χ3n) is 9.19. The summed E-state index contributed by atoms with van der Waals surface area (Å²) in [6, 6.07) is 7.00. The van der Waals surface area contributed by atoms with Crippen LogP contribution in [-0.2, 0) is 26.0 Å². The second-order valence-electron chi connectivity index (χ2n) is 13.5. The van der Waals surface area contributed by atoms with Gasteiger partial charge in [0.2, 0.25) is 16.2 Å². The summed E-state index contributed by atoms with van der Waals surface area (Å²) < 4.78 is 121. The van der Waals surface area contributed by atoms with Crippen molar-refractivity contribution in [1.29, 1.82) is 0 Å². The number of sulfonamides is 1. The van der Waals surface area contributed by atoms with E-state index in [1.807, 2.05) is 7.05 Å². The normalized spacial score (nSPS) is 15.9. The quantitative estimate of drug-likeness (QED) is 0.0559. The van der Waals surface area contributed by atoms with Crippen LogP contribution in [0.4, 0.5) is 22.0 Å². The molecule has 5 rings (SSSR count). The highest BCUT2D eigenvalue weighted by Crippen LogP contribution is 2.40. The summed E-state index contributed by atoms with van der Waals surface area (Å²) in [5.41, 5.74) is -0.594. The average molecular weight is 886 g/mol. The molecule has 0 amide bonds. The van der Waals surface area contributed by atoms with Crippen molar-refractivity contribution in [2.45, 2.75) is 49.5 Å². The Morgan fingerprint density at radius 2 is 1.72 bits per heavy atom. The molecular weight excluding hydrogens is 846 g/mol. The van der Waals surface area contributed by atoms with Crippen LogP contribution in [0.3, 0.4) is 0 Å². The summed E-state index contributed by atoms with van der Waals surface area (Å²) >= 11 is 12.6. The van der Waals surface area contributed by atoms with Crippen LogP contribution < -0.4 is 28.4 Å². The molecule has 22 heteroatoms. The van der Waals surface area contributed by atoms with E-state index in [1.165, 1.54) is 31.4 Å². The van der Waals surface area contributed by atoms with Crippen LogP contribution in [0.5, 0.6) is 23.1 Å². The lowest BCUT2D eigenvalue weighted by Gasteiger charge is -2.32. The topological polar surface area (TPSA) is 160 Å². The fourth-order valence-electron chi connectivity index (χ4n) is 5.80. The van der Waals surface area contributed by atoms with Crippen LogP contribution in [0.25, 0.3) is 0 Å². The number of piperazine rings is 1. The standard InChI is InChI=1S/C36H39Cl2F5N4O10S/c1-45-12-14-46(15-13-45)11-3-10-44-58(51,52)30-17-23(7-9-27(30)53-2)33(48)55-28(22-6-8-26(56-35(39)40)29(16-22)54-20-21-4-5-21)18-24-25(37)19-47(50)32(31(24)38)57-34(49)36(41,42)43/h6-9,16-17,19,21,28,35,44H,3-5,10-15,18,20H2,1-2H3/t28-/m0/s1. The number of benzene rings is 2. The summed E-state index contributed by atoms with van der Waals surface area (Å²) in [5.74, 6) is -5.68. The number of hydrogen-bond acceptors (Lipinski definition) is 12. The van der Waals surface area contributed by atoms with Crippen LogP contribution in [-0.4, -0.2) is 103 Å². The molecule has 1 aliphatic heterocycles. The number of nitrogens with zero attached hydrogens (tertiary/aromatic N) is 3. The molecule has 318 valence electrons. The molecule has 2 fully saturated rings. The third kappa shape index (κ3) is 11.9. The number of ether oxygens (including phenoxy) is 5. The van der Waals surface area contributed by atoms with E-state index in [1.54, 1.807) is 0 Å². The van der Waals surface area contributed by atoms with Crippen molar-refractivity contribution >= 4 is 45.2 Å². The predicted octanol–water partition coefficient (Wildman–Crippen LogP) is 5.55. The molecule has 14 nitrogen and oxygen atoms in total. The Kier molecular flexibility index (Phi) is 14.9. The fraction of sp³-hybridized carbons (Fsp3) is 0.472. The van der Waals surface area contributed by atoms with Gasteiger partial charge in [-0.3, -0.25) is 0 Å². The Morgan fingerprint density at radius 3 is 2.36 bits per heavy atom. The number of nitrogens with one attached hydrogen (secondary N) is 1. The van der Waals surface area contributed by atoms with Crippen molar-refractivity contribution < 1.29 is 68.4 Å². The smallest absolute Gasteiger partial charge is 0.491 e. The molecule has 58 heavy (non-hydrogen) atoms. The highest BCUT2D eigenvalue weighted by Gasteiger charge is 2.44. The van der Waals surface area contributed by atoms with Crippen molar-refractivity contribution in [3.8, 4) is 23.1 Å². The lowest BCUT2D eigenvalue weighted by atomic mass is 10.0. The van der Waals surface area contributed by atoms with Gasteiger partial charge in [0.25, 0.3) is 0 Å². The Labute approximate surface area is 340 Å². The Hall–Kier alpha value is -4.21. The highest BCUT2D eigenvalue weighted by molar-refractivity contribution is 7.89. The molecule has 1 atom stereocenters. The van der Waals surface area contributed by atoms with E-state index in [4.69, 9.17) is 37.4 Å². The van der Waals surface area contributed by atoms with Gasteiger partial charge in [-0.1, -0.05) is 29.3 Å². The summed E-state index contributed by atoms with van der Waals surface area (Å²) in [4.78, 5) is 29.5. The first-order chi connectivity index (χ1) is 27.4. The van der Waals surface area contributed by atoms with Crippen molar-refractivity contribution in [2.75, 3.05) is 60.0 Å². The SMILES string of the molecule is COc1ccc(C(=O)O[C@@H](Cc2c(Cl)c[n+]([O-])c(OC(=O)C(F)(F)F)c2Cl)c2ccc(OC(F)F)c(OCC3CC3)c2)cc1S(=O)(=O)NCCCN1CCN(C)CC1. The predicted molar refractivity (Wildman–Crippen MR) is 197 cm³/mol. The molecule has 3 aromatic rings. The van der Waals surface area contributed by atoms with Gasteiger partial charge in [0.05, 0.1) is 19.3 Å². The molecule has 0 bridgehead atoms. The van der Waals surface area contributed by atoms with Crippen molar-refractivity contribution in [3.63, 3.8) is 0 Å². The number of methoxy groups -OCH3 is 1. The fourth-order valence-corrected chi connectivity index (χ4v) is 7.67. The molecule has 1 saturated heterocycles. The summed E-state index contributed by atoms with van der Waals surface area (Å²) in [7, 11) is -1.00. The van der Waals surface area contributed by atoms with Crippen LogP contribution in [0.2, 0.25) is 10.0 Å². The van der Waals surface area contributed by atoms with E-state index >= 15 is 0 Å². The molecule has 1 aliphatic carbocycles. The van der Waals surface area contributed by atoms with Gasteiger partial charge < -0.3 is 38.7 Å². The molecule has 0 radical (unpaired) electrons. The van der Waals surface area contributed by atoms with Gasteiger partial charge in [-0.05, 0) is 74.7 Å². The molecule has 0 unspecified atom stereocenters. The van der Waals surface area contributed by atoms with Crippen molar-refractivity contribution in [1.82, 2.24) is 14.5 Å². The zero-order valence-electron chi connectivity index (χ0n) is 31.0. The summed E-state index contributed by atoms with van der Waals surface area (Å²) in [6.07, 6.45) is -4.95. The number of likely N-dealkylation sites (N-methyl/N-ethyl adjacent to an activating group) is 1. The van der Waals surface area contributed by atoms with Crippen LogP contribution >= 0.6 is 23.2 Å². The number of aromatic nitrogens is 1. The van der Waals surface area contributed by atoms with Gasteiger partial charge in [-0.15, -0.1) is 4.73 Å². The number of hydrogen-bond donors (Lipinski definition) is 1. The molecule has 1 N–H and O–H groups in total. The number of carbonyl (C=O) groups excluding carboxylic acids is 2. The largest absolute Gasteiger partial charge is 0.616 e. The van der Waals surface area contributed by atoms with Gasteiger partial charge in [0, 0.05) is 44.7 Å². The van der Waals surface area contributed by atoms with Crippen LogP contribution in [0.1, 0.15) is 46.9 Å². The van der Waals surface area contributed by atoms with Gasteiger partial charge >= 0.3 is 30.6 Å². The molecule has 1 saturated carbocycles. The third-order valence-corrected chi connectivity index (χ3v) is 11.4. The maximum Gasteiger partial charge on any atom is 0.491 e. The Bertz CT molecular complexity index is 2070. The van der Waals surface area contributed by atoms with E-state index in [0.29, 0.717) is 19.2 Å². The first kappa shape index (κ1) is 44.9. The Morgan fingerprint density at radius 1 is 1.03 bits per heavy atom.